The number of nitrogens with zero attached hydrogens (tertiary/aromatic N) is 2. The zero-order valence-corrected chi connectivity index (χ0v) is 19.9. The quantitative estimate of drug-likeness (QED) is 0.326. The van der Waals surface area contributed by atoms with Crippen molar-refractivity contribution in [3.8, 4) is 5.75 Å². The molecule has 158 valence electrons. The van der Waals surface area contributed by atoms with Gasteiger partial charge in [0, 0.05) is 39.1 Å². The van der Waals surface area contributed by atoms with Crippen LogP contribution in [0.25, 0.3) is 0 Å². The molecule has 28 heavy (non-hydrogen) atoms. The van der Waals surface area contributed by atoms with Gasteiger partial charge in [0.05, 0.1) is 6.61 Å². The lowest BCUT2D eigenvalue weighted by molar-refractivity contribution is -0.129. The third kappa shape index (κ3) is 8.24. The Hall–Kier alpha value is -1.51. The van der Waals surface area contributed by atoms with E-state index in [4.69, 9.17) is 4.74 Å². The molecule has 0 aromatic heterocycles. The number of guanidine groups is 1. The highest BCUT2D eigenvalue weighted by atomic mass is 127. The third-order valence-electron chi connectivity index (χ3n) is 4.62. The number of likely N-dealkylation sites (tertiary alicyclic amines) is 1. The van der Waals surface area contributed by atoms with Crippen LogP contribution in [0.3, 0.4) is 0 Å². The van der Waals surface area contributed by atoms with Crippen LogP contribution in [0.5, 0.6) is 5.75 Å². The Morgan fingerprint density at radius 3 is 2.64 bits per heavy atom. The van der Waals surface area contributed by atoms with E-state index in [1.54, 1.807) is 7.05 Å². The normalized spacial score (nSPS) is 16.7. The molecule has 0 spiro atoms. The van der Waals surface area contributed by atoms with Crippen molar-refractivity contribution in [2.45, 2.75) is 46.1 Å². The minimum absolute atomic E-state index is 0. The Bertz CT molecular complexity index is 619. The molecule has 1 aromatic carbocycles. The molecule has 1 unspecified atom stereocenters. The molecule has 7 heteroatoms. The minimum atomic E-state index is 0. The van der Waals surface area contributed by atoms with Crippen LogP contribution in [0.2, 0.25) is 0 Å². The maximum Gasteiger partial charge on any atom is 0.222 e. The van der Waals surface area contributed by atoms with E-state index < -0.39 is 0 Å². The van der Waals surface area contributed by atoms with Crippen LogP contribution >= 0.6 is 24.0 Å². The lowest BCUT2D eigenvalue weighted by atomic mass is 10.1. The number of ether oxygens (including phenoxy) is 1. The second-order valence-electron chi connectivity index (χ2n) is 7.42. The summed E-state index contributed by atoms with van der Waals surface area (Å²) in [6.07, 6.45) is 2.45. The first-order chi connectivity index (χ1) is 13.0. The van der Waals surface area contributed by atoms with Crippen molar-refractivity contribution >= 4 is 35.8 Å². The van der Waals surface area contributed by atoms with Gasteiger partial charge in [0.2, 0.25) is 5.91 Å². The van der Waals surface area contributed by atoms with E-state index in [2.05, 4.69) is 41.6 Å². The Labute approximate surface area is 186 Å². The first-order valence-electron chi connectivity index (χ1n) is 9.98. The molecule has 0 saturated carbocycles. The largest absolute Gasteiger partial charge is 0.493 e. The summed E-state index contributed by atoms with van der Waals surface area (Å²) < 4.78 is 5.72. The molecule has 1 saturated heterocycles. The van der Waals surface area contributed by atoms with Crippen LogP contribution in [-0.2, 0) is 11.2 Å². The van der Waals surface area contributed by atoms with Crippen molar-refractivity contribution in [1.82, 2.24) is 15.5 Å². The monoisotopic (exact) mass is 502 g/mol. The van der Waals surface area contributed by atoms with E-state index in [0.29, 0.717) is 12.3 Å². The van der Waals surface area contributed by atoms with Gasteiger partial charge in [-0.2, -0.15) is 0 Å². The number of amides is 1. The highest BCUT2D eigenvalue weighted by Gasteiger charge is 2.25. The molecule has 0 radical (unpaired) electrons. The molecule has 1 aliphatic rings. The standard InChI is InChI=1S/C21H34N4O2.HI/c1-5-20(26)25-13-11-18(14-25)24-21(22-4)23-12-10-17-6-8-19(9-7-17)27-15-16(2)3;/h6-9,16,18H,5,10-15H2,1-4H3,(H2,22,23,24);1H. The number of carbonyl (C=O) groups is 1. The lowest BCUT2D eigenvalue weighted by Gasteiger charge is -2.18. The van der Waals surface area contributed by atoms with Crippen molar-refractivity contribution in [2.75, 3.05) is 33.3 Å². The van der Waals surface area contributed by atoms with Gasteiger partial charge in [-0.3, -0.25) is 9.79 Å². The number of hydrogen-bond acceptors (Lipinski definition) is 3. The Morgan fingerprint density at radius 2 is 2.04 bits per heavy atom. The zero-order chi connectivity index (χ0) is 19.6. The summed E-state index contributed by atoms with van der Waals surface area (Å²) in [6.45, 7) is 9.32. The van der Waals surface area contributed by atoms with E-state index in [-0.39, 0.29) is 35.9 Å². The molecular weight excluding hydrogens is 467 g/mol. The summed E-state index contributed by atoms with van der Waals surface area (Å²) >= 11 is 0. The maximum absolute atomic E-state index is 11.8. The molecule has 6 nitrogen and oxygen atoms in total. The van der Waals surface area contributed by atoms with Crippen LogP contribution in [0.15, 0.2) is 29.3 Å². The maximum atomic E-state index is 11.8. The smallest absolute Gasteiger partial charge is 0.222 e. The van der Waals surface area contributed by atoms with Crippen molar-refractivity contribution in [3.05, 3.63) is 29.8 Å². The van der Waals surface area contributed by atoms with Gasteiger partial charge in [-0.05, 0) is 36.5 Å². The van der Waals surface area contributed by atoms with E-state index >= 15 is 0 Å². The van der Waals surface area contributed by atoms with E-state index in [1.807, 2.05) is 24.0 Å². The molecule has 1 amide bonds. The SMILES string of the molecule is CCC(=O)N1CCC(NC(=NC)NCCc2ccc(OCC(C)C)cc2)C1.I. The number of benzene rings is 1. The molecule has 0 aliphatic carbocycles. The molecule has 1 aromatic rings. The van der Waals surface area contributed by atoms with Crippen molar-refractivity contribution < 1.29 is 9.53 Å². The van der Waals surface area contributed by atoms with Gasteiger partial charge < -0.3 is 20.3 Å². The third-order valence-corrected chi connectivity index (χ3v) is 4.62. The van der Waals surface area contributed by atoms with Crippen LogP contribution in [0.4, 0.5) is 0 Å². The van der Waals surface area contributed by atoms with Crippen LogP contribution in [-0.4, -0.2) is 56.1 Å². The second-order valence-corrected chi connectivity index (χ2v) is 7.42. The van der Waals surface area contributed by atoms with Gasteiger partial charge in [-0.15, -0.1) is 24.0 Å². The summed E-state index contributed by atoms with van der Waals surface area (Å²) in [4.78, 5) is 18.0. The summed E-state index contributed by atoms with van der Waals surface area (Å²) in [7, 11) is 1.78. The summed E-state index contributed by atoms with van der Waals surface area (Å²) in [5, 5.41) is 6.78. The molecule has 1 atom stereocenters. The highest BCUT2D eigenvalue weighted by molar-refractivity contribution is 14.0. The van der Waals surface area contributed by atoms with Gasteiger partial charge in [0.1, 0.15) is 5.75 Å². The molecular formula is C21H35IN4O2. The van der Waals surface area contributed by atoms with E-state index in [1.165, 1.54) is 5.56 Å². The van der Waals surface area contributed by atoms with Crippen molar-refractivity contribution in [1.29, 1.82) is 0 Å². The number of carbonyl (C=O) groups excluding carboxylic acids is 1. The topological polar surface area (TPSA) is 66.0 Å². The van der Waals surface area contributed by atoms with E-state index in [0.717, 1.165) is 50.8 Å². The minimum Gasteiger partial charge on any atom is -0.493 e. The van der Waals surface area contributed by atoms with Crippen LogP contribution in [0.1, 0.15) is 39.2 Å². The van der Waals surface area contributed by atoms with Crippen molar-refractivity contribution in [3.63, 3.8) is 0 Å². The number of rotatable bonds is 8. The average Bonchev–Trinajstić information content (AvgIpc) is 3.14. The van der Waals surface area contributed by atoms with Gasteiger partial charge in [-0.25, -0.2) is 0 Å². The summed E-state index contributed by atoms with van der Waals surface area (Å²) in [5.74, 6) is 2.47. The fourth-order valence-corrected chi connectivity index (χ4v) is 3.06. The van der Waals surface area contributed by atoms with Gasteiger partial charge in [0.15, 0.2) is 5.96 Å². The predicted octanol–water partition coefficient (Wildman–Crippen LogP) is 3.06. The second kappa shape index (κ2) is 12.9. The van der Waals surface area contributed by atoms with Gasteiger partial charge in [0.25, 0.3) is 0 Å². The Kier molecular flexibility index (Phi) is 11.3. The first kappa shape index (κ1) is 24.5. The fourth-order valence-electron chi connectivity index (χ4n) is 3.06. The van der Waals surface area contributed by atoms with Crippen LogP contribution < -0.4 is 15.4 Å². The predicted molar refractivity (Wildman–Crippen MR) is 126 cm³/mol. The molecule has 0 bridgehead atoms. The number of nitrogens with one attached hydrogen (secondary N) is 2. The summed E-state index contributed by atoms with van der Waals surface area (Å²) in [5.41, 5.74) is 1.26. The lowest BCUT2D eigenvalue weighted by Crippen LogP contribution is -2.45. The Balaban J connectivity index is 0.00000392. The molecule has 1 heterocycles. The fraction of sp³-hybridized carbons (Fsp3) is 0.619. The molecule has 2 rings (SSSR count). The number of hydrogen-bond donors (Lipinski definition) is 2. The Morgan fingerprint density at radius 1 is 1.32 bits per heavy atom. The first-order valence-corrected chi connectivity index (χ1v) is 9.98. The summed E-state index contributed by atoms with van der Waals surface area (Å²) in [6, 6.07) is 8.55. The molecule has 1 aliphatic heterocycles. The van der Waals surface area contributed by atoms with Crippen LogP contribution in [0, 0.1) is 5.92 Å². The zero-order valence-electron chi connectivity index (χ0n) is 17.5. The van der Waals surface area contributed by atoms with Gasteiger partial charge in [-0.1, -0.05) is 32.9 Å². The number of aliphatic imine (C=N–C) groups is 1. The molecule has 1 fully saturated rings. The van der Waals surface area contributed by atoms with Crippen molar-refractivity contribution in [2.24, 2.45) is 10.9 Å². The van der Waals surface area contributed by atoms with Gasteiger partial charge >= 0.3 is 0 Å². The van der Waals surface area contributed by atoms with E-state index in [9.17, 15) is 4.79 Å². The molecule has 2 N–H and O–H groups in total. The number of halogens is 1. The average molecular weight is 502 g/mol. The highest BCUT2D eigenvalue weighted by Crippen LogP contribution is 2.13.